The third kappa shape index (κ3) is 2.28. The highest BCUT2D eigenvalue weighted by molar-refractivity contribution is 5.84. The van der Waals surface area contributed by atoms with Gasteiger partial charge in [-0.1, -0.05) is 25.5 Å². The Bertz CT molecular complexity index is 638. The Balaban J connectivity index is 1.87. The second kappa shape index (κ2) is 5.08. The van der Waals surface area contributed by atoms with Crippen molar-refractivity contribution in [3.8, 4) is 0 Å². The summed E-state index contributed by atoms with van der Waals surface area (Å²) >= 11 is 0. The first kappa shape index (κ1) is 17.5. The van der Waals surface area contributed by atoms with E-state index in [-0.39, 0.29) is 18.0 Å². The maximum atomic E-state index is 12.9. The van der Waals surface area contributed by atoms with Gasteiger partial charge in [-0.2, -0.15) is 0 Å². The van der Waals surface area contributed by atoms with E-state index in [4.69, 9.17) is 9.47 Å². The third-order valence-corrected chi connectivity index (χ3v) is 7.38. The van der Waals surface area contributed by atoms with Crippen LogP contribution in [0.3, 0.4) is 0 Å². The second-order valence-corrected chi connectivity index (χ2v) is 9.31. The van der Waals surface area contributed by atoms with E-state index in [1.807, 2.05) is 6.92 Å². The minimum absolute atomic E-state index is 0.0997. The Morgan fingerprint density at radius 1 is 1.16 bits per heavy atom. The van der Waals surface area contributed by atoms with Crippen molar-refractivity contribution in [2.24, 2.45) is 11.8 Å². The summed E-state index contributed by atoms with van der Waals surface area (Å²) < 4.78 is 11.7. The Morgan fingerprint density at radius 3 is 2.56 bits per heavy atom. The van der Waals surface area contributed by atoms with Gasteiger partial charge in [0.25, 0.3) is 0 Å². The van der Waals surface area contributed by atoms with E-state index in [0.717, 1.165) is 6.42 Å². The summed E-state index contributed by atoms with van der Waals surface area (Å²) in [6.45, 7) is 7.87. The number of epoxide rings is 1. The van der Waals surface area contributed by atoms with Crippen LogP contribution in [-0.4, -0.2) is 44.7 Å². The molecule has 1 aliphatic carbocycles. The van der Waals surface area contributed by atoms with E-state index in [1.165, 1.54) is 5.57 Å². The van der Waals surface area contributed by atoms with Crippen molar-refractivity contribution in [2.75, 3.05) is 0 Å². The molecule has 0 radical (unpaired) electrons. The molecule has 2 saturated heterocycles. The molecule has 1 saturated carbocycles. The minimum Gasteiger partial charge on any atom is -0.454 e. The molecule has 4 rings (SSSR count). The van der Waals surface area contributed by atoms with E-state index in [9.17, 15) is 15.0 Å². The lowest BCUT2D eigenvalue weighted by Gasteiger charge is -2.47. The Hall–Kier alpha value is -0.910. The number of ether oxygens (including phenoxy) is 2. The van der Waals surface area contributed by atoms with Gasteiger partial charge in [0.1, 0.15) is 11.2 Å². The van der Waals surface area contributed by atoms with Crippen LogP contribution in [0.15, 0.2) is 11.6 Å². The molecule has 3 aliphatic heterocycles. The Labute approximate surface area is 149 Å². The van der Waals surface area contributed by atoms with Crippen LogP contribution < -0.4 is 0 Å². The van der Waals surface area contributed by atoms with Crippen molar-refractivity contribution in [1.82, 2.24) is 0 Å². The zero-order chi connectivity index (χ0) is 18.3. The maximum absolute atomic E-state index is 12.9. The van der Waals surface area contributed by atoms with Gasteiger partial charge in [-0.05, 0) is 58.3 Å². The number of rotatable bonds is 1. The molecule has 2 N–H and O–H groups in total. The average Bonchev–Trinajstić information content (AvgIpc) is 3.19. The van der Waals surface area contributed by atoms with E-state index in [0.29, 0.717) is 32.1 Å². The van der Waals surface area contributed by atoms with Crippen molar-refractivity contribution in [1.29, 1.82) is 0 Å². The average molecular weight is 350 g/mol. The number of carbonyl (C=O) groups excluding carboxylic acids is 1. The Kier molecular flexibility index (Phi) is 3.56. The van der Waals surface area contributed by atoms with Gasteiger partial charge in [-0.3, -0.25) is 0 Å². The number of allylic oxidation sites excluding steroid dienone is 1. The number of esters is 1. The summed E-state index contributed by atoms with van der Waals surface area (Å²) in [5, 5.41) is 22.7. The highest BCUT2D eigenvalue weighted by Gasteiger charge is 2.70. The number of aliphatic hydroxyl groups is 2. The second-order valence-electron chi connectivity index (χ2n) is 9.31. The molecule has 0 aromatic rings. The van der Waals surface area contributed by atoms with Crippen LogP contribution >= 0.6 is 0 Å². The molecule has 25 heavy (non-hydrogen) atoms. The monoisotopic (exact) mass is 350 g/mol. The molecule has 0 aromatic heterocycles. The summed E-state index contributed by atoms with van der Waals surface area (Å²) in [5.74, 6) is -0.488. The fourth-order valence-electron chi connectivity index (χ4n) is 5.36. The quantitative estimate of drug-likeness (QED) is 0.431. The van der Waals surface area contributed by atoms with Gasteiger partial charge in [0.05, 0.1) is 11.7 Å². The van der Waals surface area contributed by atoms with Gasteiger partial charge in [-0.15, -0.1) is 0 Å². The zero-order valence-electron chi connectivity index (χ0n) is 15.7. The molecule has 1 spiro atoms. The fourth-order valence-corrected chi connectivity index (χ4v) is 5.36. The summed E-state index contributed by atoms with van der Waals surface area (Å²) in [5.41, 5.74) is -2.92. The van der Waals surface area contributed by atoms with E-state index < -0.39 is 28.3 Å². The van der Waals surface area contributed by atoms with Crippen molar-refractivity contribution in [2.45, 2.75) is 94.7 Å². The van der Waals surface area contributed by atoms with Crippen molar-refractivity contribution >= 4 is 5.97 Å². The SMILES string of the molecule is CC(C)/C1=C/[C@H]2[C@@](C)(O)CC[C@]2(O)[C@@]2(C)CC[C@@H]3O[C@]3(CC1)C(=O)O2. The normalized spacial score (nSPS) is 54.2. The highest BCUT2D eigenvalue weighted by atomic mass is 16.7. The van der Waals surface area contributed by atoms with Crippen LogP contribution in [0, 0.1) is 11.8 Å². The van der Waals surface area contributed by atoms with E-state index in [1.54, 1.807) is 6.92 Å². The molecule has 0 aromatic carbocycles. The van der Waals surface area contributed by atoms with Gasteiger partial charge < -0.3 is 19.7 Å². The lowest BCUT2D eigenvalue weighted by molar-refractivity contribution is -0.210. The standard InChI is InChI=1S/C20H30O5/c1-12(2)13-5-8-19-15(24-19)6-7-18(4,25-16(19)21)20(23)10-9-17(3,22)14(20)11-13/h11-12,14-15,22-23H,5-10H2,1-4H3/b13-11+/t14-,15-,17-,18+,19-,20+/m0/s1. The topological polar surface area (TPSA) is 79.3 Å². The fraction of sp³-hybridized carbons (Fsp3) is 0.850. The van der Waals surface area contributed by atoms with Gasteiger partial charge in [0.2, 0.25) is 0 Å². The number of carbonyl (C=O) groups is 1. The third-order valence-electron chi connectivity index (χ3n) is 7.38. The molecule has 6 atom stereocenters. The molecule has 3 fully saturated rings. The molecular formula is C20H30O5. The molecule has 0 unspecified atom stereocenters. The summed E-state index contributed by atoms with van der Waals surface area (Å²) in [4.78, 5) is 12.9. The Morgan fingerprint density at radius 2 is 1.88 bits per heavy atom. The minimum atomic E-state index is -1.26. The number of fused-ring (bicyclic) bond motifs is 4. The van der Waals surface area contributed by atoms with Crippen LogP contribution in [0.25, 0.3) is 0 Å². The molecule has 4 aliphatic rings. The predicted molar refractivity (Wildman–Crippen MR) is 91.8 cm³/mol. The van der Waals surface area contributed by atoms with Crippen LogP contribution in [0.5, 0.6) is 0 Å². The molecule has 5 nitrogen and oxygen atoms in total. The van der Waals surface area contributed by atoms with Crippen LogP contribution in [-0.2, 0) is 14.3 Å². The molecule has 140 valence electrons. The number of hydrogen-bond donors (Lipinski definition) is 2. The maximum Gasteiger partial charge on any atom is 0.341 e. The van der Waals surface area contributed by atoms with E-state index in [2.05, 4.69) is 19.9 Å². The van der Waals surface area contributed by atoms with Gasteiger partial charge in [0.15, 0.2) is 5.60 Å². The van der Waals surface area contributed by atoms with E-state index >= 15 is 0 Å². The van der Waals surface area contributed by atoms with Gasteiger partial charge >= 0.3 is 5.97 Å². The first-order chi connectivity index (χ1) is 11.5. The summed E-state index contributed by atoms with van der Waals surface area (Å²) in [7, 11) is 0. The van der Waals surface area contributed by atoms with Gasteiger partial charge in [-0.25, -0.2) is 4.79 Å². The van der Waals surface area contributed by atoms with Crippen molar-refractivity contribution in [3.63, 3.8) is 0 Å². The van der Waals surface area contributed by atoms with Crippen LogP contribution in [0.2, 0.25) is 0 Å². The molecular weight excluding hydrogens is 320 g/mol. The molecule has 2 bridgehead atoms. The smallest absolute Gasteiger partial charge is 0.341 e. The zero-order valence-corrected chi connectivity index (χ0v) is 15.7. The van der Waals surface area contributed by atoms with Crippen LogP contribution in [0.4, 0.5) is 0 Å². The lowest BCUT2D eigenvalue weighted by Crippen LogP contribution is -2.59. The molecule has 3 heterocycles. The molecule has 5 heteroatoms. The highest BCUT2D eigenvalue weighted by Crippen LogP contribution is 2.58. The first-order valence-corrected chi connectivity index (χ1v) is 9.61. The molecule has 0 amide bonds. The summed E-state index contributed by atoms with van der Waals surface area (Å²) in [6.07, 6.45) is 5.49. The van der Waals surface area contributed by atoms with Gasteiger partial charge in [0, 0.05) is 5.92 Å². The first-order valence-electron chi connectivity index (χ1n) is 9.61. The lowest BCUT2D eigenvalue weighted by atomic mass is 9.70. The van der Waals surface area contributed by atoms with Crippen LogP contribution in [0.1, 0.15) is 66.2 Å². The largest absolute Gasteiger partial charge is 0.454 e. The predicted octanol–water partition coefficient (Wildman–Crippen LogP) is 2.49. The van der Waals surface area contributed by atoms with Crippen molar-refractivity contribution < 1.29 is 24.5 Å². The summed E-state index contributed by atoms with van der Waals surface area (Å²) in [6, 6.07) is 0. The van der Waals surface area contributed by atoms with Crippen molar-refractivity contribution in [3.05, 3.63) is 11.6 Å². The number of hydrogen-bond acceptors (Lipinski definition) is 5.